The SMILES string of the molecule is COCCOCCOCCOC(=O)OCCn1c([N+](=O)[O-])cnc1C. The van der Waals surface area contributed by atoms with Crippen LogP contribution in [-0.2, 0) is 30.2 Å². The third kappa shape index (κ3) is 8.42. The van der Waals surface area contributed by atoms with Crippen molar-refractivity contribution in [3.63, 3.8) is 0 Å². The molecule has 0 amide bonds. The molecule has 0 radical (unpaired) electrons. The Morgan fingerprint density at radius 2 is 1.72 bits per heavy atom. The van der Waals surface area contributed by atoms with E-state index >= 15 is 0 Å². The smallest absolute Gasteiger partial charge is 0.432 e. The van der Waals surface area contributed by atoms with Crippen LogP contribution < -0.4 is 0 Å². The molecule has 1 heterocycles. The second-order valence-electron chi connectivity index (χ2n) is 4.74. The maximum absolute atomic E-state index is 11.4. The maximum Gasteiger partial charge on any atom is 0.508 e. The molecule has 0 fully saturated rings. The Kier molecular flexibility index (Phi) is 10.1. The van der Waals surface area contributed by atoms with Crippen molar-refractivity contribution < 1.29 is 33.4 Å². The zero-order chi connectivity index (χ0) is 18.5. The average molecular weight is 361 g/mol. The summed E-state index contributed by atoms with van der Waals surface area (Å²) in [5.41, 5.74) is 0. The number of rotatable bonds is 13. The summed E-state index contributed by atoms with van der Waals surface area (Å²) >= 11 is 0. The Morgan fingerprint density at radius 3 is 2.36 bits per heavy atom. The zero-order valence-corrected chi connectivity index (χ0v) is 14.3. The maximum atomic E-state index is 11.4. The van der Waals surface area contributed by atoms with E-state index in [1.807, 2.05) is 0 Å². The third-order valence-corrected chi connectivity index (χ3v) is 3.01. The van der Waals surface area contributed by atoms with Crippen LogP contribution in [0.25, 0.3) is 0 Å². The highest BCUT2D eigenvalue weighted by atomic mass is 16.7. The minimum Gasteiger partial charge on any atom is -0.432 e. The summed E-state index contributed by atoms with van der Waals surface area (Å²) in [6.45, 7) is 3.77. The van der Waals surface area contributed by atoms with Crippen molar-refractivity contribution >= 4 is 12.0 Å². The zero-order valence-electron chi connectivity index (χ0n) is 14.3. The number of nitrogens with zero attached hydrogens (tertiary/aromatic N) is 3. The van der Waals surface area contributed by atoms with Gasteiger partial charge in [0.15, 0.2) is 5.82 Å². The molecule has 0 unspecified atom stereocenters. The second-order valence-corrected chi connectivity index (χ2v) is 4.74. The molecule has 0 saturated heterocycles. The molecule has 25 heavy (non-hydrogen) atoms. The quantitative estimate of drug-likeness (QED) is 0.218. The van der Waals surface area contributed by atoms with Gasteiger partial charge in [0, 0.05) is 14.0 Å². The number of ether oxygens (including phenoxy) is 5. The van der Waals surface area contributed by atoms with Crippen LogP contribution in [0, 0.1) is 17.0 Å². The lowest BCUT2D eigenvalue weighted by Gasteiger charge is -2.07. The summed E-state index contributed by atoms with van der Waals surface area (Å²) in [7, 11) is 1.59. The van der Waals surface area contributed by atoms with E-state index in [1.54, 1.807) is 14.0 Å². The van der Waals surface area contributed by atoms with Crippen molar-refractivity contribution in [2.24, 2.45) is 0 Å². The van der Waals surface area contributed by atoms with E-state index in [4.69, 9.17) is 23.7 Å². The number of nitro groups is 1. The fourth-order valence-electron chi connectivity index (χ4n) is 1.79. The Balaban J connectivity index is 2.06. The lowest BCUT2D eigenvalue weighted by molar-refractivity contribution is -0.392. The molecule has 142 valence electrons. The molecule has 0 aromatic carbocycles. The molecule has 1 rings (SSSR count). The molecule has 0 bridgehead atoms. The molecular weight excluding hydrogens is 338 g/mol. The Hall–Kier alpha value is -2.24. The molecule has 0 aliphatic heterocycles. The normalized spacial score (nSPS) is 10.6. The van der Waals surface area contributed by atoms with Gasteiger partial charge < -0.3 is 33.8 Å². The number of aryl methyl sites for hydroxylation is 1. The van der Waals surface area contributed by atoms with Crippen molar-refractivity contribution in [2.75, 3.05) is 53.4 Å². The van der Waals surface area contributed by atoms with Gasteiger partial charge in [-0.3, -0.25) is 0 Å². The fraction of sp³-hybridized carbons (Fsp3) is 0.714. The fourth-order valence-corrected chi connectivity index (χ4v) is 1.79. The predicted molar refractivity (Wildman–Crippen MR) is 84.4 cm³/mol. The van der Waals surface area contributed by atoms with E-state index in [1.165, 1.54) is 4.57 Å². The van der Waals surface area contributed by atoms with Crippen LogP contribution in [0.3, 0.4) is 0 Å². The van der Waals surface area contributed by atoms with E-state index in [0.717, 1.165) is 6.20 Å². The molecule has 0 N–H and O–H groups in total. The van der Waals surface area contributed by atoms with Gasteiger partial charge in [-0.05, 0) is 4.92 Å². The predicted octanol–water partition coefficient (Wildman–Crippen LogP) is 0.933. The van der Waals surface area contributed by atoms with Crippen LogP contribution >= 0.6 is 0 Å². The first-order chi connectivity index (χ1) is 12.1. The van der Waals surface area contributed by atoms with Gasteiger partial charge in [0.25, 0.3) is 0 Å². The summed E-state index contributed by atoms with van der Waals surface area (Å²) in [6, 6.07) is 0. The van der Waals surface area contributed by atoms with Crippen molar-refractivity contribution in [3.05, 3.63) is 22.1 Å². The van der Waals surface area contributed by atoms with Crippen LogP contribution in [0.1, 0.15) is 5.82 Å². The molecule has 0 saturated carbocycles. The van der Waals surface area contributed by atoms with Crippen LogP contribution in [-0.4, -0.2) is 74.0 Å². The van der Waals surface area contributed by atoms with Gasteiger partial charge in [0.2, 0.25) is 0 Å². The highest BCUT2D eigenvalue weighted by Gasteiger charge is 2.17. The van der Waals surface area contributed by atoms with E-state index in [2.05, 4.69) is 4.98 Å². The molecule has 0 atom stereocenters. The lowest BCUT2D eigenvalue weighted by atomic mass is 10.6. The Labute approximate surface area is 144 Å². The molecule has 11 nitrogen and oxygen atoms in total. The molecule has 0 aliphatic rings. The Bertz CT molecular complexity index is 534. The van der Waals surface area contributed by atoms with Crippen LogP contribution in [0.4, 0.5) is 10.6 Å². The van der Waals surface area contributed by atoms with Gasteiger partial charge >= 0.3 is 12.0 Å². The molecule has 11 heteroatoms. The number of hydrogen-bond acceptors (Lipinski definition) is 9. The number of imidazole rings is 1. The number of methoxy groups -OCH3 is 1. The van der Waals surface area contributed by atoms with Gasteiger partial charge in [-0.2, -0.15) is 0 Å². The number of aromatic nitrogens is 2. The highest BCUT2D eigenvalue weighted by molar-refractivity contribution is 5.59. The molecular formula is C14H23N3O8. The van der Waals surface area contributed by atoms with E-state index < -0.39 is 11.1 Å². The Morgan fingerprint density at radius 1 is 1.12 bits per heavy atom. The summed E-state index contributed by atoms with van der Waals surface area (Å²) in [4.78, 5) is 25.5. The van der Waals surface area contributed by atoms with E-state index in [-0.39, 0.29) is 32.2 Å². The lowest BCUT2D eigenvalue weighted by Crippen LogP contribution is -2.17. The first kappa shape index (κ1) is 20.8. The molecule has 1 aromatic heterocycles. The molecule has 0 spiro atoms. The van der Waals surface area contributed by atoms with Crippen molar-refractivity contribution in [3.8, 4) is 0 Å². The number of carbonyl (C=O) groups excluding carboxylic acids is 1. The first-order valence-corrected chi connectivity index (χ1v) is 7.66. The monoisotopic (exact) mass is 361 g/mol. The molecule has 0 aliphatic carbocycles. The third-order valence-electron chi connectivity index (χ3n) is 3.01. The van der Waals surface area contributed by atoms with Gasteiger partial charge in [-0.15, -0.1) is 0 Å². The van der Waals surface area contributed by atoms with Gasteiger partial charge in [-0.25, -0.2) is 14.3 Å². The summed E-state index contributed by atoms with van der Waals surface area (Å²) in [5, 5.41) is 10.8. The standard InChI is InChI=1S/C14H23N3O8/c1-12-15-11-13(17(19)20)16(12)3-4-24-14(18)25-10-9-23-8-7-22-6-5-21-2/h11H,3-10H2,1-2H3. The van der Waals surface area contributed by atoms with Crippen molar-refractivity contribution in [2.45, 2.75) is 13.5 Å². The molecule has 1 aromatic rings. The summed E-state index contributed by atoms with van der Waals surface area (Å²) < 4.78 is 26.2. The van der Waals surface area contributed by atoms with E-state index in [0.29, 0.717) is 32.3 Å². The minimum atomic E-state index is -0.861. The summed E-state index contributed by atoms with van der Waals surface area (Å²) in [5.74, 6) is 0.306. The van der Waals surface area contributed by atoms with Crippen molar-refractivity contribution in [1.82, 2.24) is 9.55 Å². The summed E-state index contributed by atoms with van der Waals surface area (Å²) in [6.07, 6.45) is 0.296. The van der Waals surface area contributed by atoms with Gasteiger partial charge in [-0.1, -0.05) is 0 Å². The van der Waals surface area contributed by atoms with Crippen LogP contribution in [0.15, 0.2) is 6.20 Å². The number of hydrogen-bond donors (Lipinski definition) is 0. The van der Waals surface area contributed by atoms with Gasteiger partial charge in [0.05, 0.1) is 33.0 Å². The largest absolute Gasteiger partial charge is 0.508 e. The van der Waals surface area contributed by atoms with Crippen LogP contribution in [0.5, 0.6) is 0 Å². The topological polar surface area (TPSA) is 124 Å². The number of carbonyl (C=O) groups is 1. The highest BCUT2D eigenvalue weighted by Crippen LogP contribution is 2.13. The average Bonchev–Trinajstić information content (AvgIpc) is 2.94. The van der Waals surface area contributed by atoms with Crippen LogP contribution in [0.2, 0.25) is 0 Å². The second kappa shape index (κ2) is 12.2. The van der Waals surface area contributed by atoms with Crippen molar-refractivity contribution in [1.29, 1.82) is 0 Å². The minimum absolute atomic E-state index is 0.0428. The first-order valence-electron chi connectivity index (χ1n) is 7.66. The van der Waals surface area contributed by atoms with Gasteiger partial charge in [0.1, 0.15) is 26.0 Å². The van der Waals surface area contributed by atoms with E-state index in [9.17, 15) is 14.9 Å².